The van der Waals surface area contributed by atoms with Gasteiger partial charge in [0.05, 0.1) is 0 Å². The van der Waals surface area contributed by atoms with Crippen molar-refractivity contribution in [3.8, 4) is 0 Å². The zero-order chi connectivity index (χ0) is 15.7. The fraction of sp³-hybridized carbons (Fsp3) is 0.250. The Hall–Kier alpha value is -2.10. The Kier molecular flexibility index (Phi) is 3.90. The summed E-state index contributed by atoms with van der Waals surface area (Å²) in [5.74, 6) is -0.131. The molecule has 1 unspecified atom stereocenters. The number of pyridine rings is 1. The molecule has 0 bridgehead atoms. The minimum atomic E-state index is -4.27. The lowest BCUT2D eigenvalue weighted by molar-refractivity contribution is 0.0856. The summed E-state index contributed by atoms with van der Waals surface area (Å²) in [6.07, 6.45) is 4.08. The Labute approximate surface area is 121 Å². The predicted octanol–water partition coefficient (Wildman–Crippen LogP) is -0.689. The van der Waals surface area contributed by atoms with Gasteiger partial charge in [-0.05, 0) is 12.1 Å². The van der Waals surface area contributed by atoms with Crippen LogP contribution in [-0.4, -0.2) is 30.1 Å². The van der Waals surface area contributed by atoms with Crippen LogP contribution in [0.1, 0.15) is 11.4 Å². The molecule has 0 radical (unpaired) electrons. The highest BCUT2D eigenvalue weighted by atomic mass is 32.2. The summed E-state index contributed by atoms with van der Waals surface area (Å²) in [4.78, 5) is 17.3. The average molecular weight is 310 g/mol. The number of nitrogens with zero attached hydrogens (tertiary/aromatic N) is 3. The van der Waals surface area contributed by atoms with Gasteiger partial charge in [-0.15, -0.1) is 0 Å². The maximum atomic E-state index is 12.2. The van der Waals surface area contributed by atoms with E-state index < -0.39 is 15.0 Å². The minimum absolute atomic E-state index is 0.131. The van der Waals surface area contributed by atoms with Gasteiger partial charge in [0.25, 0.3) is 15.0 Å². The maximum absolute atomic E-state index is 12.2. The number of hydrogen-bond donors (Lipinski definition) is 1. The lowest BCUT2D eigenvalue weighted by atomic mass is 10.1. The third kappa shape index (κ3) is 2.46. The van der Waals surface area contributed by atoms with Gasteiger partial charge in [-0.1, -0.05) is 0 Å². The number of sulfonamides is 1. The number of nitrogens with two attached hydrogens (primary N) is 1. The van der Waals surface area contributed by atoms with E-state index in [2.05, 4.69) is 9.97 Å². The highest BCUT2D eigenvalue weighted by Crippen LogP contribution is 2.34. The van der Waals surface area contributed by atoms with Crippen molar-refractivity contribution in [1.29, 1.82) is 0 Å². The monoisotopic (exact) mass is 310 g/mol. The van der Waals surface area contributed by atoms with Crippen molar-refractivity contribution in [3.05, 3.63) is 58.5 Å². The summed E-state index contributed by atoms with van der Waals surface area (Å²) >= 11 is 0. The van der Waals surface area contributed by atoms with Gasteiger partial charge in [0.2, 0.25) is 5.56 Å². The molecular formula is C12H14N4O4S. The first kappa shape index (κ1) is 15.3. The van der Waals surface area contributed by atoms with Crippen molar-refractivity contribution in [2.45, 2.75) is 4.93 Å². The summed E-state index contributed by atoms with van der Waals surface area (Å²) in [6, 6.07) is 4.08. The van der Waals surface area contributed by atoms with Gasteiger partial charge in [0.1, 0.15) is 0 Å². The van der Waals surface area contributed by atoms with Crippen LogP contribution < -0.4 is 10.7 Å². The van der Waals surface area contributed by atoms with Gasteiger partial charge < -0.3 is 9.30 Å². The van der Waals surface area contributed by atoms with Crippen molar-refractivity contribution < 1.29 is 13.2 Å². The maximum Gasteiger partial charge on any atom is 0.269 e. The van der Waals surface area contributed by atoms with Crippen LogP contribution in [-0.2, 0) is 26.7 Å². The van der Waals surface area contributed by atoms with Crippen molar-refractivity contribution >= 4 is 10.0 Å². The zero-order valence-electron chi connectivity index (χ0n) is 11.4. The summed E-state index contributed by atoms with van der Waals surface area (Å²) < 4.78 is 30.8. The van der Waals surface area contributed by atoms with E-state index in [1.165, 1.54) is 55.5 Å². The van der Waals surface area contributed by atoms with Crippen LogP contribution in [0.3, 0.4) is 0 Å². The molecule has 9 heteroatoms. The first-order valence-corrected chi connectivity index (χ1v) is 7.39. The van der Waals surface area contributed by atoms with E-state index in [0.717, 1.165) is 0 Å². The third-order valence-corrected chi connectivity index (χ3v) is 4.40. The standard InChI is InChI=1S/C12H14N4O4S/c1-16-8-9(4-5-10(16)17)12(20-2,21(13,18)19)11-14-6-3-7-15-11/h3-8H,1-2H3,(H2,13,18,19). The van der Waals surface area contributed by atoms with Crippen LogP contribution in [0, 0.1) is 0 Å². The molecule has 0 saturated carbocycles. The molecule has 0 spiro atoms. The third-order valence-electron chi connectivity index (χ3n) is 3.01. The summed E-state index contributed by atoms with van der Waals surface area (Å²) in [5.41, 5.74) is -0.159. The van der Waals surface area contributed by atoms with Crippen LogP contribution in [0.15, 0.2) is 41.6 Å². The molecular weight excluding hydrogens is 296 g/mol. The van der Waals surface area contributed by atoms with Crippen LogP contribution in [0.25, 0.3) is 0 Å². The molecule has 0 aliphatic rings. The number of aromatic nitrogens is 3. The Morgan fingerprint density at radius 2 is 1.90 bits per heavy atom. The zero-order valence-corrected chi connectivity index (χ0v) is 12.2. The minimum Gasteiger partial charge on any atom is -0.351 e. The second-order valence-electron chi connectivity index (χ2n) is 4.31. The molecule has 112 valence electrons. The summed E-state index contributed by atoms with van der Waals surface area (Å²) in [6.45, 7) is 0. The van der Waals surface area contributed by atoms with Crippen molar-refractivity contribution in [2.24, 2.45) is 12.2 Å². The summed E-state index contributed by atoms with van der Waals surface area (Å²) in [7, 11) is -1.60. The lowest BCUT2D eigenvalue weighted by Crippen LogP contribution is -2.45. The Morgan fingerprint density at radius 3 is 2.38 bits per heavy atom. The van der Waals surface area contributed by atoms with Gasteiger partial charge in [-0.3, -0.25) is 4.79 Å². The quantitative estimate of drug-likeness (QED) is 0.799. The number of aryl methyl sites for hydroxylation is 1. The molecule has 2 rings (SSSR count). The number of primary sulfonamides is 1. The molecule has 0 fully saturated rings. The Balaban J connectivity index is 2.84. The Morgan fingerprint density at radius 1 is 1.29 bits per heavy atom. The van der Waals surface area contributed by atoms with E-state index >= 15 is 0 Å². The molecule has 0 amide bonds. The smallest absolute Gasteiger partial charge is 0.269 e. The van der Waals surface area contributed by atoms with Crippen molar-refractivity contribution in [2.75, 3.05) is 7.11 Å². The molecule has 2 aromatic heterocycles. The molecule has 0 aromatic carbocycles. The van der Waals surface area contributed by atoms with Crippen molar-refractivity contribution in [3.63, 3.8) is 0 Å². The molecule has 21 heavy (non-hydrogen) atoms. The molecule has 8 nitrogen and oxygen atoms in total. The molecule has 2 aromatic rings. The molecule has 1 atom stereocenters. The van der Waals surface area contributed by atoms with E-state index in [1.54, 1.807) is 0 Å². The van der Waals surface area contributed by atoms with Crippen LogP contribution >= 0.6 is 0 Å². The fourth-order valence-corrected chi connectivity index (χ4v) is 3.05. The number of ether oxygens (including phenoxy) is 1. The normalized spacial score (nSPS) is 14.6. The second kappa shape index (κ2) is 5.35. The SMILES string of the molecule is COC(c1ccc(=O)n(C)c1)(c1ncccn1)S(N)(=O)=O. The lowest BCUT2D eigenvalue weighted by Gasteiger charge is -2.28. The molecule has 0 aliphatic heterocycles. The largest absolute Gasteiger partial charge is 0.351 e. The second-order valence-corrected chi connectivity index (χ2v) is 5.97. The molecule has 2 heterocycles. The van der Waals surface area contributed by atoms with Gasteiger partial charge in [0.15, 0.2) is 5.82 Å². The number of methoxy groups -OCH3 is 1. The van der Waals surface area contributed by atoms with Gasteiger partial charge in [-0.25, -0.2) is 23.5 Å². The molecule has 0 aliphatic carbocycles. The van der Waals surface area contributed by atoms with Gasteiger partial charge in [-0.2, -0.15) is 0 Å². The van der Waals surface area contributed by atoms with E-state index in [0.29, 0.717) is 0 Å². The van der Waals surface area contributed by atoms with Gasteiger partial charge in [0, 0.05) is 44.4 Å². The molecule has 2 N–H and O–H groups in total. The predicted molar refractivity (Wildman–Crippen MR) is 74.6 cm³/mol. The Bertz CT molecular complexity index is 804. The number of hydrogen-bond acceptors (Lipinski definition) is 6. The van der Waals surface area contributed by atoms with Crippen LogP contribution in [0.2, 0.25) is 0 Å². The van der Waals surface area contributed by atoms with E-state index in [4.69, 9.17) is 9.88 Å². The van der Waals surface area contributed by atoms with Gasteiger partial charge >= 0.3 is 0 Å². The number of rotatable bonds is 4. The van der Waals surface area contributed by atoms with E-state index in [9.17, 15) is 13.2 Å². The average Bonchev–Trinajstić information content (AvgIpc) is 2.44. The van der Waals surface area contributed by atoms with Crippen LogP contribution in [0.4, 0.5) is 0 Å². The first-order valence-electron chi connectivity index (χ1n) is 5.85. The highest BCUT2D eigenvalue weighted by molar-refractivity contribution is 7.90. The fourth-order valence-electron chi connectivity index (χ4n) is 2.00. The first-order chi connectivity index (χ1) is 9.83. The van der Waals surface area contributed by atoms with Crippen LogP contribution in [0.5, 0.6) is 0 Å². The topological polar surface area (TPSA) is 117 Å². The van der Waals surface area contributed by atoms with E-state index in [1.807, 2.05) is 0 Å². The van der Waals surface area contributed by atoms with Crippen molar-refractivity contribution in [1.82, 2.24) is 14.5 Å². The van der Waals surface area contributed by atoms with E-state index in [-0.39, 0.29) is 16.9 Å². The highest BCUT2D eigenvalue weighted by Gasteiger charge is 2.49. The summed E-state index contributed by atoms with van der Waals surface area (Å²) in [5, 5.41) is 5.36. The molecule has 0 saturated heterocycles.